The standard InChI is InChI=1S/C26H35FN4O2/c1-31(15-7-11-22-17-24(30-29-22)19-9-6-10-21(27)16-19)26(32)28-18-20-8-2-5-14-25(20)33-23-12-3-4-13-23/h2,5-6,8-10,14,16,22-24,29-30H,3-4,7,11-13,15,17-18H2,1H3,(H,28,32). The van der Waals surface area contributed by atoms with E-state index in [1.54, 1.807) is 17.0 Å². The normalized spacial score (nSPS) is 20.7. The van der Waals surface area contributed by atoms with Gasteiger partial charge in [0.1, 0.15) is 11.6 Å². The Hall–Kier alpha value is -2.64. The van der Waals surface area contributed by atoms with E-state index in [9.17, 15) is 9.18 Å². The fraction of sp³-hybridized carbons (Fsp3) is 0.500. The highest BCUT2D eigenvalue weighted by Gasteiger charge is 2.25. The summed E-state index contributed by atoms with van der Waals surface area (Å²) in [6.07, 6.45) is 7.70. The summed E-state index contributed by atoms with van der Waals surface area (Å²) < 4.78 is 19.6. The first-order chi connectivity index (χ1) is 16.1. The molecule has 4 rings (SSSR count). The van der Waals surface area contributed by atoms with Gasteiger partial charge in [0.15, 0.2) is 0 Å². The van der Waals surface area contributed by atoms with E-state index in [1.165, 1.54) is 18.9 Å². The van der Waals surface area contributed by atoms with Crippen molar-refractivity contribution in [3.05, 3.63) is 65.5 Å². The molecule has 1 aliphatic carbocycles. The molecule has 1 saturated heterocycles. The Kier molecular flexibility index (Phi) is 8.18. The van der Waals surface area contributed by atoms with E-state index in [1.807, 2.05) is 37.4 Å². The molecule has 1 saturated carbocycles. The molecule has 2 fully saturated rings. The van der Waals surface area contributed by atoms with Crippen molar-refractivity contribution in [2.24, 2.45) is 0 Å². The van der Waals surface area contributed by atoms with E-state index in [4.69, 9.17) is 4.74 Å². The van der Waals surface area contributed by atoms with Crippen LogP contribution in [0.3, 0.4) is 0 Å². The lowest BCUT2D eigenvalue weighted by Gasteiger charge is -2.20. The molecule has 2 aromatic rings. The second-order valence-corrected chi connectivity index (χ2v) is 9.18. The van der Waals surface area contributed by atoms with E-state index in [-0.39, 0.29) is 17.9 Å². The maximum atomic E-state index is 13.5. The SMILES string of the molecule is CN(CCCC1CC(c2cccc(F)c2)NN1)C(=O)NCc1ccccc1OC1CCCC1. The molecule has 2 aliphatic rings. The Labute approximate surface area is 195 Å². The average Bonchev–Trinajstić information content (AvgIpc) is 3.50. The van der Waals surface area contributed by atoms with Crippen molar-refractivity contribution < 1.29 is 13.9 Å². The summed E-state index contributed by atoms with van der Waals surface area (Å²) in [5, 5.41) is 3.02. The highest BCUT2D eigenvalue weighted by molar-refractivity contribution is 5.73. The van der Waals surface area contributed by atoms with Crippen LogP contribution >= 0.6 is 0 Å². The molecule has 0 radical (unpaired) electrons. The van der Waals surface area contributed by atoms with E-state index >= 15 is 0 Å². The Balaban J connectivity index is 1.17. The number of benzene rings is 2. The minimum atomic E-state index is -0.210. The lowest BCUT2D eigenvalue weighted by molar-refractivity contribution is 0.203. The smallest absolute Gasteiger partial charge is 0.317 e. The number of amides is 2. The number of hydrogen-bond donors (Lipinski definition) is 3. The molecule has 0 aromatic heterocycles. The topological polar surface area (TPSA) is 65.6 Å². The number of ether oxygens (including phenoxy) is 1. The molecule has 2 atom stereocenters. The summed E-state index contributed by atoms with van der Waals surface area (Å²) in [6, 6.07) is 15.0. The quantitative estimate of drug-likeness (QED) is 0.515. The zero-order chi connectivity index (χ0) is 23.0. The average molecular weight is 455 g/mol. The first-order valence-corrected chi connectivity index (χ1v) is 12.1. The van der Waals surface area contributed by atoms with Gasteiger partial charge in [-0.15, -0.1) is 0 Å². The molecule has 1 aliphatic heterocycles. The number of carbonyl (C=O) groups is 1. The van der Waals surface area contributed by atoms with Gasteiger partial charge in [0.25, 0.3) is 0 Å². The molecular weight excluding hydrogens is 419 g/mol. The van der Waals surface area contributed by atoms with E-state index in [0.717, 1.165) is 49.0 Å². The number of hydrazine groups is 1. The molecule has 3 N–H and O–H groups in total. The fourth-order valence-electron chi connectivity index (χ4n) is 4.69. The fourth-order valence-corrected chi connectivity index (χ4v) is 4.69. The van der Waals surface area contributed by atoms with Gasteiger partial charge in [-0.3, -0.25) is 10.9 Å². The molecule has 6 nitrogen and oxygen atoms in total. The van der Waals surface area contributed by atoms with Crippen LogP contribution in [-0.2, 0) is 6.54 Å². The van der Waals surface area contributed by atoms with Crippen LogP contribution in [0.2, 0.25) is 0 Å². The van der Waals surface area contributed by atoms with Gasteiger partial charge in [-0.05, 0) is 68.7 Å². The maximum Gasteiger partial charge on any atom is 0.317 e. The van der Waals surface area contributed by atoms with Gasteiger partial charge < -0.3 is 15.0 Å². The van der Waals surface area contributed by atoms with Crippen molar-refractivity contribution in [1.29, 1.82) is 0 Å². The van der Waals surface area contributed by atoms with Gasteiger partial charge in [0.2, 0.25) is 0 Å². The Bertz CT molecular complexity index is 919. The number of nitrogens with one attached hydrogen (secondary N) is 3. The minimum Gasteiger partial charge on any atom is -0.490 e. The molecular formula is C26H35FN4O2. The second-order valence-electron chi connectivity index (χ2n) is 9.18. The van der Waals surface area contributed by atoms with Crippen LogP contribution in [0.1, 0.15) is 62.1 Å². The minimum absolute atomic E-state index is 0.0826. The van der Waals surface area contributed by atoms with Crippen molar-refractivity contribution in [3.8, 4) is 5.75 Å². The molecule has 33 heavy (non-hydrogen) atoms. The van der Waals surface area contributed by atoms with Crippen LogP contribution < -0.4 is 20.9 Å². The second kappa shape index (κ2) is 11.5. The van der Waals surface area contributed by atoms with E-state index < -0.39 is 0 Å². The molecule has 2 unspecified atom stereocenters. The summed E-state index contributed by atoms with van der Waals surface area (Å²) in [7, 11) is 1.83. The van der Waals surface area contributed by atoms with Gasteiger partial charge in [-0.2, -0.15) is 0 Å². The Morgan fingerprint density at radius 2 is 1.97 bits per heavy atom. The van der Waals surface area contributed by atoms with Crippen LogP contribution in [0, 0.1) is 5.82 Å². The largest absolute Gasteiger partial charge is 0.490 e. The highest BCUT2D eigenvalue weighted by atomic mass is 19.1. The van der Waals surface area contributed by atoms with E-state index in [0.29, 0.717) is 25.2 Å². The van der Waals surface area contributed by atoms with Crippen LogP contribution in [-0.4, -0.2) is 36.7 Å². The van der Waals surface area contributed by atoms with Crippen molar-refractivity contribution >= 4 is 6.03 Å². The van der Waals surface area contributed by atoms with Gasteiger partial charge in [0.05, 0.1) is 6.10 Å². The Morgan fingerprint density at radius 1 is 1.15 bits per heavy atom. The number of para-hydroxylation sites is 1. The lowest BCUT2D eigenvalue weighted by atomic mass is 9.99. The van der Waals surface area contributed by atoms with Crippen LogP contribution in [0.15, 0.2) is 48.5 Å². The number of urea groups is 1. The van der Waals surface area contributed by atoms with Gasteiger partial charge in [-0.1, -0.05) is 30.3 Å². The van der Waals surface area contributed by atoms with Crippen molar-refractivity contribution in [2.75, 3.05) is 13.6 Å². The molecule has 7 heteroatoms. The third-order valence-electron chi connectivity index (χ3n) is 6.62. The van der Waals surface area contributed by atoms with Crippen molar-refractivity contribution in [2.45, 2.75) is 69.7 Å². The number of halogens is 1. The van der Waals surface area contributed by atoms with Crippen LogP contribution in [0.4, 0.5) is 9.18 Å². The summed E-state index contributed by atoms with van der Waals surface area (Å²) in [5.41, 5.74) is 8.53. The molecule has 178 valence electrons. The molecule has 1 heterocycles. The first kappa shape index (κ1) is 23.5. The van der Waals surface area contributed by atoms with Gasteiger partial charge >= 0.3 is 6.03 Å². The van der Waals surface area contributed by atoms with Gasteiger partial charge in [0, 0.05) is 37.8 Å². The third-order valence-corrected chi connectivity index (χ3v) is 6.62. The molecule has 0 bridgehead atoms. The monoisotopic (exact) mass is 454 g/mol. The van der Waals surface area contributed by atoms with E-state index in [2.05, 4.69) is 16.2 Å². The predicted molar refractivity (Wildman–Crippen MR) is 127 cm³/mol. The zero-order valence-corrected chi connectivity index (χ0v) is 19.4. The van der Waals surface area contributed by atoms with Gasteiger partial charge in [-0.25, -0.2) is 9.18 Å². The predicted octanol–water partition coefficient (Wildman–Crippen LogP) is 4.68. The summed E-state index contributed by atoms with van der Waals surface area (Å²) in [4.78, 5) is 14.3. The molecule has 2 aromatic carbocycles. The van der Waals surface area contributed by atoms with Crippen LogP contribution in [0.5, 0.6) is 5.75 Å². The summed E-state index contributed by atoms with van der Waals surface area (Å²) in [6.45, 7) is 1.13. The third kappa shape index (κ3) is 6.68. The maximum absolute atomic E-state index is 13.5. The first-order valence-electron chi connectivity index (χ1n) is 12.1. The molecule has 0 spiro atoms. The highest BCUT2D eigenvalue weighted by Crippen LogP contribution is 2.27. The number of carbonyl (C=O) groups excluding carboxylic acids is 1. The lowest BCUT2D eigenvalue weighted by Crippen LogP contribution is -2.38. The summed E-state index contributed by atoms with van der Waals surface area (Å²) in [5.74, 6) is 0.665. The zero-order valence-electron chi connectivity index (χ0n) is 19.4. The molecule has 2 amide bonds. The number of rotatable bonds is 9. The number of hydrogen-bond acceptors (Lipinski definition) is 4. The number of nitrogens with zero attached hydrogens (tertiary/aromatic N) is 1. The van der Waals surface area contributed by atoms with Crippen LogP contribution in [0.25, 0.3) is 0 Å². The van der Waals surface area contributed by atoms with Crippen molar-refractivity contribution in [3.63, 3.8) is 0 Å². The summed E-state index contributed by atoms with van der Waals surface area (Å²) >= 11 is 0. The van der Waals surface area contributed by atoms with Crippen molar-refractivity contribution in [1.82, 2.24) is 21.1 Å². The Morgan fingerprint density at radius 3 is 2.79 bits per heavy atom.